The van der Waals surface area contributed by atoms with Crippen molar-refractivity contribution in [1.29, 1.82) is 0 Å². The van der Waals surface area contributed by atoms with Gasteiger partial charge < -0.3 is 10.2 Å². The number of nitro groups is 1. The van der Waals surface area contributed by atoms with E-state index in [1.807, 2.05) is 49.2 Å². The van der Waals surface area contributed by atoms with Crippen molar-refractivity contribution in [3.63, 3.8) is 0 Å². The summed E-state index contributed by atoms with van der Waals surface area (Å²) in [5, 5.41) is 14.3. The van der Waals surface area contributed by atoms with Crippen molar-refractivity contribution in [2.75, 3.05) is 17.3 Å². The maximum absolute atomic E-state index is 11.1. The summed E-state index contributed by atoms with van der Waals surface area (Å²) in [5.74, 6) is 0.768. The normalized spacial score (nSPS) is 15.0. The highest BCUT2D eigenvalue weighted by Gasteiger charge is 2.27. The fourth-order valence-electron chi connectivity index (χ4n) is 2.33. The van der Waals surface area contributed by atoms with Crippen molar-refractivity contribution in [2.45, 2.75) is 31.8 Å². The Hall–Kier alpha value is -2.70. The largest absolute Gasteiger partial charge is 0.361 e. The van der Waals surface area contributed by atoms with Gasteiger partial charge in [-0.1, -0.05) is 30.3 Å². The molecule has 1 aromatic heterocycles. The van der Waals surface area contributed by atoms with Crippen molar-refractivity contribution in [3.05, 3.63) is 52.2 Å². The van der Waals surface area contributed by atoms with Crippen LogP contribution in [0.1, 0.15) is 31.4 Å². The number of nitrogens with zero attached hydrogens (tertiary/aromatic N) is 4. The molecule has 1 aliphatic carbocycles. The van der Waals surface area contributed by atoms with Crippen LogP contribution >= 0.6 is 0 Å². The lowest BCUT2D eigenvalue weighted by Crippen LogP contribution is -2.24. The molecule has 0 bridgehead atoms. The van der Waals surface area contributed by atoms with E-state index >= 15 is 0 Å². The van der Waals surface area contributed by atoms with E-state index in [0.29, 0.717) is 11.8 Å². The molecule has 1 atom stereocenters. The van der Waals surface area contributed by atoms with Gasteiger partial charge >= 0.3 is 5.69 Å². The predicted molar refractivity (Wildman–Crippen MR) is 88.6 cm³/mol. The highest BCUT2D eigenvalue weighted by molar-refractivity contribution is 5.58. The monoisotopic (exact) mass is 313 g/mol. The molecule has 0 spiro atoms. The molecule has 1 N–H and O–H groups in total. The summed E-state index contributed by atoms with van der Waals surface area (Å²) in [6.07, 6.45) is 3.32. The molecule has 1 heterocycles. The Morgan fingerprint density at radius 2 is 2.04 bits per heavy atom. The van der Waals surface area contributed by atoms with E-state index in [1.54, 1.807) is 0 Å². The summed E-state index contributed by atoms with van der Waals surface area (Å²) < 4.78 is 0. The average molecular weight is 313 g/mol. The summed E-state index contributed by atoms with van der Waals surface area (Å²) in [5.41, 5.74) is 1.05. The molecule has 1 aromatic carbocycles. The second-order valence-corrected chi connectivity index (χ2v) is 5.78. The maximum Gasteiger partial charge on any atom is 0.329 e. The minimum atomic E-state index is -0.449. The van der Waals surface area contributed by atoms with Gasteiger partial charge in [-0.15, -0.1) is 0 Å². The molecule has 0 aliphatic heterocycles. The second-order valence-electron chi connectivity index (χ2n) is 5.78. The number of aromatic nitrogens is 2. The lowest BCUT2D eigenvalue weighted by Gasteiger charge is -2.25. The van der Waals surface area contributed by atoms with Crippen molar-refractivity contribution >= 4 is 17.5 Å². The quantitative estimate of drug-likeness (QED) is 0.651. The molecular weight excluding hydrogens is 294 g/mol. The molecule has 0 radical (unpaired) electrons. The lowest BCUT2D eigenvalue weighted by molar-refractivity contribution is -0.384. The fourth-order valence-corrected chi connectivity index (χ4v) is 2.33. The van der Waals surface area contributed by atoms with E-state index in [-0.39, 0.29) is 17.8 Å². The zero-order chi connectivity index (χ0) is 16.4. The maximum atomic E-state index is 11.1. The number of nitrogens with one attached hydrogen (secondary N) is 1. The third-order valence-electron chi connectivity index (χ3n) is 4.05. The molecule has 7 nitrogen and oxygen atoms in total. The summed E-state index contributed by atoms with van der Waals surface area (Å²) in [6.45, 7) is 2.05. The van der Waals surface area contributed by atoms with E-state index in [2.05, 4.69) is 15.3 Å². The topological polar surface area (TPSA) is 84.2 Å². The lowest BCUT2D eigenvalue weighted by atomic mass is 10.1. The summed E-state index contributed by atoms with van der Waals surface area (Å²) in [7, 11) is 1.89. The number of rotatable bonds is 6. The highest BCUT2D eigenvalue weighted by atomic mass is 16.6. The van der Waals surface area contributed by atoms with Crippen LogP contribution in [-0.2, 0) is 0 Å². The first-order chi connectivity index (χ1) is 11.1. The first-order valence-electron chi connectivity index (χ1n) is 7.62. The van der Waals surface area contributed by atoms with Crippen LogP contribution < -0.4 is 10.2 Å². The van der Waals surface area contributed by atoms with E-state index in [1.165, 1.54) is 6.20 Å². The van der Waals surface area contributed by atoms with Crippen molar-refractivity contribution < 1.29 is 4.92 Å². The minimum absolute atomic E-state index is 0.0615. The van der Waals surface area contributed by atoms with E-state index in [4.69, 9.17) is 0 Å². The van der Waals surface area contributed by atoms with Crippen LogP contribution in [0, 0.1) is 10.1 Å². The molecule has 1 saturated carbocycles. The van der Waals surface area contributed by atoms with Crippen LogP contribution in [0.5, 0.6) is 0 Å². The second kappa shape index (κ2) is 6.20. The average Bonchev–Trinajstić information content (AvgIpc) is 3.38. The summed E-state index contributed by atoms with van der Waals surface area (Å²) in [6, 6.07) is 10.4. The van der Waals surface area contributed by atoms with Crippen LogP contribution in [-0.4, -0.2) is 28.0 Å². The van der Waals surface area contributed by atoms with E-state index in [9.17, 15) is 10.1 Å². The van der Waals surface area contributed by atoms with Gasteiger partial charge in [0.25, 0.3) is 0 Å². The zero-order valence-electron chi connectivity index (χ0n) is 13.1. The van der Waals surface area contributed by atoms with Crippen LogP contribution in [0.25, 0.3) is 0 Å². The Bertz CT molecular complexity index is 703. The Kier molecular flexibility index (Phi) is 4.10. The fraction of sp³-hybridized carbons (Fsp3) is 0.375. The van der Waals surface area contributed by atoms with Crippen LogP contribution in [0.2, 0.25) is 0 Å². The molecule has 1 fully saturated rings. The Morgan fingerprint density at radius 1 is 1.35 bits per heavy atom. The molecule has 3 rings (SSSR count). The molecule has 2 aromatic rings. The first-order valence-corrected chi connectivity index (χ1v) is 7.62. The standard InChI is InChI=1S/C16H19N5O2/c1-11(12-6-4-3-5-7-12)20(2)16-17-10-14(21(22)23)15(19-16)18-13-8-9-13/h3-7,10-11,13H,8-9H2,1-2H3,(H,17,18,19)/t11-/m1/s1. The van der Waals surface area contributed by atoms with Gasteiger partial charge in [0.2, 0.25) is 11.8 Å². The minimum Gasteiger partial charge on any atom is -0.361 e. The molecule has 7 heteroatoms. The van der Waals surface area contributed by atoms with Gasteiger partial charge in [0.1, 0.15) is 6.20 Å². The number of benzene rings is 1. The summed E-state index contributed by atoms with van der Waals surface area (Å²) in [4.78, 5) is 21.1. The van der Waals surface area contributed by atoms with Crippen LogP contribution in [0.3, 0.4) is 0 Å². The van der Waals surface area contributed by atoms with Crippen LogP contribution in [0.4, 0.5) is 17.5 Å². The number of hydrogen-bond acceptors (Lipinski definition) is 6. The number of hydrogen-bond donors (Lipinski definition) is 1. The van der Waals surface area contributed by atoms with Gasteiger partial charge in [-0.25, -0.2) is 4.98 Å². The van der Waals surface area contributed by atoms with Crippen molar-refractivity contribution in [1.82, 2.24) is 9.97 Å². The third-order valence-corrected chi connectivity index (χ3v) is 4.05. The number of anilines is 2. The predicted octanol–water partition coefficient (Wildman–Crippen LogP) is 3.16. The molecule has 0 saturated heterocycles. The Morgan fingerprint density at radius 3 is 2.65 bits per heavy atom. The van der Waals surface area contributed by atoms with Gasteiger partial charge in [-0.2, -0.15) is 4.98 Å². The smallest absolute Gasteiger partial charge is 0.329 e. The van der Waals surface area contributed by atoms with Gasteiger partial charge in [0.05, 0.1) is 11.0 Å². The Labute approximate surface area is 134 Å². The van der Waals surface area contributed by atoms with Crippen molar-refractivity contribution in [2.24, 2.45) is 0 Å². The summed E-state index contributed by atoms with van der Waals surface area (Å²) >= 11 is 0. The molecule has 120 valence electrons. The zero-order valence-corrected chi connectivity index (χ0v) is 13.1. The SMILES string of the molecule is C[C@H](c1ccccc1)N(C)c1ncc([N+](=O)[O-])c(NC2CC2)n1. The van der Waals surface area contributed by atoms with Gasteiger partial charge in [0.15, 0.2) is 0 Å². The molecule has 1 aliphatic rings. The molecule has 0 unspecified atom stereocenters. The molecule has 23 heavy (non-hydrogen) atoms. The highest BCUT2D eigenvalue weighted by Crippen LogP contribution is 2.31. The van der Waals surface area contributed by atoms with Gasteiger partial charge in [-0.3, -0.25) is 10.1 Å². The van der Waals surface area contributed by atoms with Gasteiger partial charge in [-0.05, 0) is 25.3 Å². The van der Waals surface area contributed by atoms with Crippen molar-refractivity contribution in [3.8, 4) is 0 Å². The third kappa shape index (κ3) is 3.39. The Balaban J connectivity index is 1.88. The van der Waals surface area contributed by atoms with E-state index in [0.717, 1.165) is 18.4 Å². The molecular formula is C16H19N5O2. The van der Waals surface area contributed by atoms with Crippen LogP contribution in [0.15, 0.2) is 36.5 Å². The van der Waals surface area contributed by atoms with Gasteiger partial charge in [0, 0.05) is 13.1 Å². The first kappa shape index (κ1) is 15.2. The molecule has 0 amide bonds. The van der Waals surface area contributed by atoms with E-state index < -0.39 is 4.92 Å².